The van der Waals surface area contributed by atoms with Gasteiger partial charge in [-0.3, -0.25) is 4.90 Å². The fourth-order valence-electron chi connectivity index (χ4n) is 2.92. The van der Waals surface area contributed by atoms with Crippen LogP contribution in [0.5, 0.6) is 0 Å². The van der Waals surface area contributed by atoms with Gasteiger partial charge in [-0.1, -0.05) is 0 Å². The van der Waals surface area contributed by atoms with Gasteiger partial charge in [0.15, 0.2) is 0 Å². The summed E-state index contributed by atoms with van der Waals surface area (Å²) in [5.74, 6) is 0. The molecular weight excluding hydrogens is 174 g/mol. The summed E-state index contributed by atoms with van der Waals surface area (Å²) >= 11 is 0. The maximum Gasteiger partial charge on any atom is 0.0866 e. The molecule has 2 fully saturated rings. The molecule has 2 heterocycles. The average Bonchev–Trinajstić information content (AvgIpc) is 2.19. The van der Waals surface area contributed by atoms with E-state index >= 15 is 0 Å². The van der Waals surface area contributed by atoms with Crippen LogP contribution < -0.4 is 5.32 Å². The van der Waals surface area contributed by atoms with Crippen LogP contribution in [0.15, 0.2) is 0 Å². The lowest BCUT2D eigenvalue weighted by molar-refractivity contribution is 0.0730. The molecule has 2 rings (SSSR count). The summed E-state index contributed by atoms with van der Waals surface area (Å²) in [7, 11) is 0. The highest BCUT2D eigenvalue weighted by Gasteiger charge is 2.36. The molecule has 0 aliphatic carbocycles. The van der Waals surface area contributed by atoms with Gasteiger partial charge in [-0.15, -0.1) is 0 Å². The van der Waals surface area contributed by atoms with E-state index in [9.17, 15) is 0 Å². The number of nitriles is 1. The Morgan fingerprint density at radius 3 is 2.93 bits per heavy atom. The lowest BCUT2D eigenvalue weighted by Crippen LogP contribution is -2.51. The number of nitrogens with one attached hydrogen (secondary N) is 1. The number of piperidine rings is 2. The van der Waals surface area contributed by atoms with Crippen LogP contribution in [0.4, 0.5) is 0 Å². The van der Waals surface area contributed by atoms with E-state index in [0.717, 1.165) is 19.6 Å². The quantitative estimate of drug-likeness (QED) is 0.631. The summed E-state index contributed by atoms with van der Waals surface area (Å²) in [4.78, 5) is 2.32. The van der Waals surface area contributed by atoms with E-state index in [0.29, 0.717) is 12.0 Å². The minimum atomic E-state index is 0.493. The highest BCUT2D eigenvalue weighted by molar-refractivity contribution is 4.93. The van der Waals surface area contributed by atoms with Crippen LogP contribution in [0.2, 0.25) is 0 Å². The third-order valence-corrected chi connectivity index (χ3v) is 3.60. The van der Waals surface area contributed by atoms with E-state index in [1.165, 1.54) is 32.2 Å². The first-order valence-electron chi connectivity index (χ1n) is 5.65. The maximum absolute atomic E-state index is 8.70. The zero-order chi connectivity index (χ0) is 9.86. The summed E-state index contributed by atoms with van der Waals surface area (Å²) in [5, 5.41) is 12.2. The van der Waals surface area contributed by atoms with Crippen molar-refractivity contribution in [2.24, 2.45) is 5.41 Å². The van der Waals surface area contributed by atoms with Crippen LogP contribution in [0, 0.1) is 16.7 Å². The van der Waals surface area contributed by atoms with E-state index < -0.39 is 0 Å². The average molecular weight is 193 g/mol. The topological polar surface area (TPSA) is 39.1 Å². The van der Waals surface area contributed by atoms with E-state index in [2.05, 4.69) is 16.3 Å². The Morgan fingerprint density at radius 2 is 2.21 bits per heavy atom. The van der Waals surface area contributed by atoms with Gasteiger partial charge in [-0.25, -0.2) is 0 Å². The largest absolute Gasteiger partial charge is 0.316 e. The summed E-state index contributed by atoms with van der Waals surface area (Å²) in [6.45, 7) is 5.21. The standard InChI is InChI=1S/C11H19N3/c12-5-8-14-7-2-4-11(10-14)3-1-6-13-9-11/h13H,1-4,6-10H2. The molecule has 78 valence electrons. The second-order valence-corrected chi connectivity index (χ2v) is 4.75. The van der Waals surface area contributed by atoms with Crippen LogP contribution in [0.25, 0.3) is 0 Å². The van der Waals surface area contributed by atoms with Crippen molar-refractivity contribution >= 4 is 0 Å². The van der Waals surface area contributed by atoms with E-state index in [-0.39, 0.29) is 0 Å². The van der Waals surface area contributed by atoms with Crippen LogP contribution in [-0.4, -0.2) is 37.6 Å². The lowest BCUT2D eigenvalue weighted by Gasteiger charge is -2.44. The van der Waals surface area contributed by atoms with Crippen molar-refractivity contribution in [3.63, 3.8) is 0 Å². The second kappa shape index (κ2) is 4.29. The molecule has 2 aliphatic rings. The van der Waals surface area contributed by atoms with Gasteiger partial charge in [-0.05, 0) is 44.2 Å². The zero-order valence-corrected chi connectivity index (χ0v) is 8.76. The molecule has 0 amide bonds. The van der Waals surface area contributed by atoms with Gasteiger partial charge in [0.1, 0.15) is 0 Å². The Bertz CT molecular complexity index is 220. The molecule has 1 spiro atoms. The number of hydrogen-bond acceptors (Lipinski definition) is 3. The van der Waals surface area contributed by atoms with Crippen molar-refractivity contribution in [3.8, 4) is 6.07 Å². The fourth-order valence-corrected chi connectivity index (χ4v) is 2.92. The Morgan fingerprint density at radius 1 is 1.36 bits per heavy atom. The van der Waals surface area contributed by atoms with Gasteiger partial charge >= 0.3 is 0 Å². The Hall–Kier alpha value is -0.590. The van der Waals surface area contributed by atoms with E-state index in [1.807, 2.05) is 0 Å². The first-order chi connectivity index (χ1) is 6.85. The fraction of sp³-hybridized carbons (Fsp3) is 0.909. The molecule has 2 saturated heterocycles. The molecule has 0 saturated carbocycles. The molecule has 1 N–H and O–H groups in total. The third kappa shape index (κ3) is 2.08. The van der Waals surface area contributed by atoms with Crippen LogP contribution >= 0.6 is 0 Å². The molecular formula is C11H19N3. The van der Waals surface area contributed by atoms with Crippen molar-refractivity contribution in [2.75, 3.05) is 32.7 Å². The Labute approximate surface area is 86.1 Å². The molecule has 14 heavy (non-hydrogen) atoms. The third-order valence-electron chi connectivity index (χ3n) is 3.60. The molecule has 0 bridgehead atoms. The van der Waals surface area contributed by atoms with E-state index in [4.69, 9.17) is 5.26 Å². The number of rotatable bonds is 1. The summed E-state index contributed by atoms with van der Waals surface area (Å²) < 4.78 is 0. The van der Waals surface area contributed by atoms with Crippen LogP contribution in [0.1, 0.15) is 25.7 Å². The Balaban J connectivity index is 1.95. The monoisotopic (exact) mass is 193 g/mol. The summed E-state index contributed by atoms with van der Waals surface area (Å²) in [5.41, 5.74) is 0.493. The number of likely N-dealkylation sites (tertiary alicyclic amines) is 1. The van der Waals surface area contributed by atoms with E-state index in [1.54, 1.807) is 0 Å². The highest BCUT2D eigenvalue weighted by atomic mass is 15.1. The minimum absolute atomic E-state index is 0.493. The van der Waals surface area contributed by atoms with Crippen molar-refractivity contribution in [1.82, 2.24) is 10.2 Å². The first-order valence-corrected chi connectivity index (χ1v) is 5.65. The molecule has 0 radical (unpaired) electrons. The first kappa shape index (κ1) is 9.95. The van der Waals surface area contributed by atoms with Gasteiger partial charge in [0.25, 0.3) is 0 Å². The molecule has 1 atom stereocenters. The molecule has 0 aromatic carbocycles. The normalized spacial score (nSPS) is 34.2. The van der Waals surface area contributed by atoms with Gasteiger partial charge in [0, 0.05) is 13.1 Å². The van der Waals surface area contributed by atoms with Gasteiger partial charge < -0.3 is 5.32 Å². The molecule has 0 aromatic rings. The number of nitrogens with zero attached hydrogens (tertiary/aromatic N) is 2. The predicted octanol–water partition coefficient (Wildman–Crippen LogP) is 0.976. The van der Waals surface area contributed by atoms with Gasteiger partial charge in [-0.2, -0.15) is 5.26 Å². The van der Waals surface area contributed by atoms with Gasteiger partial charge in [0.05, 0.1) is 12.6 Å². The maximum atomic E-state index is 8.70. The second-order valence-electron chi connectivity index (χ2n) is 4.75. The molecule has 2 aliphatic heterocycles. The molecule has 3 heteroatoms. The van der Waals surface area contributed by atoms with Crippen LogP contribution in [-0.2, 0) is 0 Å². The smallest absolute Gasteiger partial charge is 0.0866 e. The minimum Gasteiger partial charge on any atom is -0.316 e. The zero-order valence-electron chi connectivity index (χ0n) is 8.76. The Kier molecular flexibility index (Phi) is 3.05. The van der Waals surface area contributed by atoms with Crippen LogP contribution in [0.3, 0.4) is 0 Å². The van der Waals surface area contributed by atoms with Crippen molar-refractivity contribution in [3.05, 3.63) is 0 Å². The molecule has 0 aromatic heterocycles. The summed E-state index contributed by atoms with van der Waals surface area (Å²) in [6.07, 6.45) is 5.27. The van der Waals surface area contributed by atoms with Crippen molar-refractivity contribution in [2.45, 2.75) is 25.7 Å². The molecule has 3 nitrogen and oxygen atoms in total. The number of hydrogen-bond donors (Lipinski definition) is 1. The van der Waals surface area contributed by atoms with Crippen molar-refractivity contribution < 1.29 is 0 Å². The molecule has 1 unspecified atom stereocenters. The predicted molar refractivity (Wildman–Crippen MR) is 55.8 cm³/mol. The lowest BCUT2D eigenvalue weighted by atomic mass is 9.74. The SMILES string of the molecule is N#CCN1CCCC2(CCCNC2)C1. The highest BCUT2D eigenvalue weighted by Crippen LogP contribution is 2.35. The summed E-state index contributed by atoms with van der Waals surface area (Å²) in [6, 6.07) is 2.26. The van der Waals surface area contributed by atoms with Crippen molar-refractivity contribution in [1.29, 1.82) is 5.26 Å². The van der Waals surface area contributed by atoms with Gasteiger partial charge in [0.2, 0.25) is 0 Å².